The van der Waals surface area contributed by atoms with E-state index in [2.05, 4.69) is 16.4 Å². The van der Waals surface area contributed by atoms with Crippen molar-refractivity contribution in [3.8, 4) is 11.5 Å². The lowest BCUT2D eigenvalue weighted by Gasteiger charge is -2.27. The van der Waals surface area contributed by atoms with E-state index in [-0.39, 0.29) is 0 Å². The molecule has 0 radical (unpaired) electrons. The quantitative estimate of drug-likeness (QED) is 0.463. The summed E-state index contributed by atoms with van der Waals surface area (Å²) >= 11 is 5.92. The summed E-state index contributed by atoms with van der Waals surface area (Å²) in [6, 6.07) is 21.7. The molecule has 0 amide bonds. The van der Waals surface area contributed by atoms with Gasteiger partial charge in [-0.1, -0.05) is 23.7 Å². The Labute approximate surface area is 179 Å². The van der Waals surface area contributed by atoms with Crippen molar-refractivity contribution in [1.29, 1.82) is 0 Å². The average Bonchev–Trinajstić information content (AvgIpc) is 3.03. The van der Waals surface area contributed by atoms with E-state index in [1.165, 1.54) is 0 Å². The smallest absolute Gasteiger partial charge is 0.201 e. The lowest BCUT2D eigenvalue weighted by molar-refractivity contribution is 0.0211. The highest BCUT2D eigenvalue weighted by atomic mass is 35.5. The molecule has 3 N–H and O–H groups in total. The van der Waals surface area contributed by atoms with Crippen LogP contribution in [0, 0.1) is 0 Å². The minimum atomic E-state index is 0.365. The fraction of sp³-hybridized carbons (Fsp3) is 0.174. The topological polar surface area (TPSA) is 74.3 Å². The van der Waals surface area contributed by atoms with Crippen LogP contribution in [0.1, 0.15) is 5.56 Å². The molecule has 3 aromatic carbocycles. The second-order valence-corrected chi connectivity index (χ2v) is 7.77. The monoisotopic (exact) mass is 420 g/mol. The van der Waals surface area contributed by atoms with Gasteiger partial charge in [0.15, 0.2) is 0 Å². The maximum atomic E-state index is 6.21. The third-order valence-electron chi connectivity index (χ3n) is 5.10. The van der Waals surface area contributed by atoms with Crippen molar-refractivity contribution in [2.75, 3.05) is 24.3 Å². The van der Waals surface area contributed by atoms with Gasteiger partial charge < -0.3 is 25.1 Å². The Kier molecular flexibility index (Phi) is 4.94. The molecule has 7 heteroatoms. The van der Waals surface area contributed by atoms with Crippen LogP contribution in [-0.4, -0.2) is 28.8 Å². The van der Waals surface area contributed by atoms with Crippen LogP contribution in [0.5, 0.6) is 11.5 Å². The predicted octanol–water partition coefficient (Wildman–Crippen LogP) is 4.92. The van der Waals surface area contributed by atoms with E-state index >= 15 is 0 Å². The van der Waals surface area contributed by atoms with E-state index in [0.717, 1.165) is 47.0 Å². The van der Waals surface area contributed by atoms with Crippen molar-refractivity contribution in [1.82, 2.24) is 9.55 Å². The van der Waals surface area contributed by atoms with Gasteiger partial charge in [0.1, 0.15) is 11.5 Å². The molecule has 6 nitrogen and oxygen atoms in total. The Balaban J connectivity index is 1.34. The van der Waals surface area contributed by atoms with Crippen LogP contribution in [-0.2, 0) is 11.3 Å². The van der Waals surface area contributed by atoms with Crippen LogP contribution in [0.2, 0.25) is 5.02 Å². The normalized spacial score (nSPS) is 13.9. The molecule has 30 heavy (non-hydrogen) atoms. The summed E-state index contributed by atoms with van der Waals surface area (Å²) in [7, 11) is 0. The van der Waals surface area contributed by atoms with Crippen molar-refractivity contribution in [3.05, 3.63) is 77.3 Å². The molecule has 1 aliphatic rings. The number of hydrogen-bond acceptors (Lipinski definition) is 5. The van der Waals surface area contributed by atoms with E-state index in [4.69, 9.17) is 26.8 Å². The fourth-order valence-corrected chi connectivity index (χ4v) is 3.56. The number of nitrogens with zero attached hydrogens (tertiary/aromatic N) is 2. The second-order valence-electron chi connectivity index (χ2n) is 7.34. The molecule has 0 aliphatic carbocycles. The second kappa shape index (κ2) is 7.89. The highest BCUT2D eigenvalue weighted by Crippen LogP contribution is 2.26. The third kappa shape index (κ3) is 3.92. The molecular weight excluding hydrogens is 400 g/mol. The van der Waals surface area contributed by atoms with Crippen molar-refractivity contribution < 1.29 is 9.47 Å². The predicted molar refractivity (Wildman–Crippen MR) is 119 cm³/mol. The Morgan fingerprint density at radius 2 is 1.73 bits per heavy atom. The summed E-state index contributed by atoms with van der Waals surface area (Å²) in [4.78, 5) is 4.50. The number of ether oxygens (including phenoxy) is 2. The summed E-state index contributed by atoms with van der Waals surface area (Å²) in [5.41, 5.74) is 10.2. The zero-order valence-electron chi connectivity index (χ0n) is 16.2. The molecule has 4 aromatic rings. The molecule has 0 spiro atoms. The number of anilines is 2. The van der Waals surface area contributed by atoms with Crippen LogP contribution in [0.15, 0.2) is 66.7 Å². The van der Waals surface area contributed by atoms with Gasteiger partial charge in [-0.05, 0) is 60.2 Å². The van der Waals surface area contributed by atoms with Crippen LogP contribution in [0.4, 0.5) is 11.6 Å². The van der Waals surface area contributed by atoms with E-state index in [1.807, 2.05) is 53.1 Å². The van der Waals surface area contributed by atoms with E-state index in [9.17, 15) is 0 Å². The Morgan fingerprint density at radius 1 is 1.03 bits per heavy atom. The van der Waals surface area contributed by atoms with Gasteiger partial charge in [0.25, 0.3) is 0 Å². The number of imidazole rings is 1. The maximum Gasteiger partial charge on any atom is 0.201 e. The van der Waals surface area contributed by atoms with Crippen LogP contribution in [0.3, 0.4) is 0 Å². The summed E-state index contributed by atoms with van der Waals surface area (Å²) in [6.45, 7) is 2.10. The van der Waals surface area contributed by atoms with Crippen LogP contribution in [0.25, 0.3) is 11.0 Å². The van der Waals surface area contributed by atoms with Gasteiger partial charge in [0.2, 0.25) is 5.95 Å². The summed E-state index contributed by atoms with van der Waals surface area (Å²) in [6.07, 6.45) is 0. The first-order chi connectivity index (χ1) is 14.6. The molecule has 1 saturated heterocycles. The van der Waals surface area contributed by atoms with Crippen molar-refractivity contribution in [2.45, 2.75) is 12.6 Å². The van der Waals surface area contributed by atoms with E-state index < -0.39 is 0 Å². The number of benzene rings is 3. The lowest BCUT2D eigenvalue weighted by Crippen LogP contribution is -2.40. The number of halogens is 1. The highest BCUT2D eigenvalue weighted by Gasteiger charge is 2.18. The van der Waals surface area contributed by atoms with Gasteiger partial charge in [-0.3, -0.25) is 0 Å². The number of rotatable bonds is 6. The molecule has 2 heterocycles. The molecule has 0 bridgehead atoms. The van der Waals surface area contributed by atoms with E-state index in [1.54, 1.807) is 12.1 Å². The van der Waals surface area contributed by atoms with Gasteiger partial charge in [-0.25, -0.2) is 4.98 Å². The molecular formula is C23H21ClN4O2. The molecule has 1 aliphatic heterocycles. The molecule has 152 valence electrons. The molecule has 0 saturated carbocycles. The number of nitrogens with one attached hydrogen (secondary N) is 1. The summed E-state index contributed by atoms with van der Waals surface area (Å²) in [5.74, 6) is 2.00. The maximum absolute atomic E-state index is 6.21. The van der Waals surface area contributed by atoms with Gasteiger partial charge in [0, 0.05) is 10.7 Å². The first kappa shape index (κ1) is 18.8. The SMILES string of the molecule is Nc1nc2ccc(NC3COC3)cc2n1Cc1ccc(Oc2ccc(Cl)cc2)cc1. The Morgan fingerprint density at radius 3 is 2.40 bits per heavy atom. The van der Waals surface area contributed by atoms with Crippen molar-refractivity contribution in [3.63, 3.8) is 0 Å². The van der Waals surface area contributed by atoms with Crippen LogP contribution < -0.4 is 15.8 Å². The largest absolute Gasteiger partial charge is 0.457 e. The first-order valence-corrected chi connectivity index (χ1v) is 10.1. The molecule has 0 unspecified atom stereocenters. The zero-order chi connectivity index (χ0) is 20.5. The Hall–Kier alpha value is -3.22. The first-order valence-electron chi connectivity index (χ1n) is 9.76. The van der Waals surface area contributed by atoms with Crippen molar-refractivity contribution in [2.24, 2.45) is 0 Å². The highest BCUT2D eigenvalue weighted by molar-refractivity contribution is 6.30. The fourth-order valence-electron chi connectivity index (χ4n) is 3.44. The summed E-state index contributed by atoms with van der Waals surface area (Å²) < 4.78 is 13.1. The van der Waals surface area contributed by atoms with E-state index in [0.29, 0.717) is 23.6 Å². The number of fused-ring (bicyclic) bond motifs is 1. The number of aromatic nitrogens is 2. The zero-order valence-corrected chi connectivity index (χ0v) is 17.0. The standard InChI is InChI=1S/C23H21ClN4O2/c24-16-3-8-20(9-4-16)30-19-6-1-15(2-7-19)12-28-22-11-17(26-18-13-29-14-18)5-10-21(22)27-23(28)25/h1-11,18,26H,12-14H2,(H2,25,27). The number of nitrogen functional groups attached to an aromatic ring is 1. The Bertz CT molecular complexity index is 1170. The van der Waals surface area contributed by atoms with Gasteiger partial charge in [-0.15, -0.1) is 0 Å². The molecule has 5 rings (SSSR count). The van der Waals surface area contributed by atoms with Gasteiger partial charge in [0.05, 0.1) is 36.8 Å². The van der Waals surface area contributed by atoms with Crippen molar-refractivity contribution >= 4 is 34.3 Å². The van der Waals surface area contributed by atoms with Crippen LogP contribution >= 0.6 is 11.6 Å². The summed E-state index contributed by atoms with van der Waals surface area (Å²) in [5, 5.41) is 4.16. The minimum absolute atomic E-state index is 0.365. The third-order valence-corrected chi connectivity index (χ3v) is 5.35. The molecule has 1 fully saturated rings. The van der Waals surface area contributed by atoms with Gasteiger partial charge >= 0.3 is 0 Å². The van der Waals surface area contributed by atoms with Gasteiger partial charge in [-0.2, -0.15) is 0 Å². The molecule has 1 aromatic heterocycles. The minimum Gasteiger partial charge on any atom is -0.457 e. The molecule has 0 atom stereocenters. The lowest BCUT2D eigenvalue weighted by atomic mass is 10.2. The number of nitrogens with two attached hydrogens (primary N) is 1. The number of hydrogen-bond donors (Lipinski definition) is 2. The average molecular weight is 421 g/mol.